The number of hydrogen-bond acceptors (Lipinski definition) is 7. The lowest BCUT2D eigenvalue weighted by molar-refractivity contribution is -0.0988. The summed E-state index contributed by atoms with van der Waals surface area (Å²) in [5.74, 6) is 0.951. The predicted molar refractivity (Wildman–Crippen MR) is 94.3 cm³/mol. The third-order valence-corrected chi connectivity index (χ3v) is 5.62. The van der Waals surface area contributed by atoms with Crippen LogP contribution >= 0.6 is 11.3 Å². The average Bonchev–Trinajstić information content (AvgIpc) is 3.01. The molecule has 2 fully saturated rings. The fourth-order valence-electron chi connectivity index (χ4n) is 3.78. The minimum Gasteiger partial charge on any atom is -0.370 e. The molecule has 0 unspecified atom stereocenters. The van der Waals surface area contributed by atoms with Gasteiger partial charge in [-0.3, -0.25) is 9.88 Å². The molecule has 0 amide bonds. The number of aryl methyl sites for hydroxylation is 1. The maximum Gasteiger partial charge on any atom is 0.147 e. The summed E-state index contributed by atoms with van der Waals surface area (Å²) in [7, 11) is 0. The van der Waals surface area contributed by atoms with Crippen molar-refractivity contribution in [1.82, 2.24) is 19.9 Å². The van der Waals surface area contributed by atoms with Crippen LogP contribution < -0.4 is 4.90 Å². The van der Waals surface area contributed by atoms with E-state index < -0.39 is 0 Å². The van der Waals surface area contributed by atoms with E-state index in [-0.39, 0.29) is 5.60 Å². The highest BCUT2D eigenvalue weighted by atomic mass is 32.1. The number of likely N-dealkylation sites (tertiary alicyclic amines) is 1. The van der Waals surface area contributed by atoms with E-state index in [4.69, 9.17) is 4.74 Å². The second kappa shape index (κ2) is 6.74. The lowest BCUT2D eigenvalue weighted by Gasteiger charge is -2.48. The maximum atomic E-state index is 6.28. The topological polar surface area (TPSA) is 54.4 Å². The van der Waals surface area contributed by atoms with Crippen molar-refractivity contribution in [3.63, 3.8) is 0 Å². The minimum atomic E-state index is -0.0981. The van der Waals surface area contributed by atoms with Crippen LogP contribution in [0.3, 0.4) is 0 Å². The summed E-state index contributed by atoms with van der Waals surface area (Å²) in [6.45, 7) is 7.58. The predicted octanol–water partition coefficient (Wildman–Crippen LogP) is 2.11. The van der Waals surface area contributed by atoms with Crippen LogP contribution in [0.4, 0.5) is 5.82 Å². The molecule has 4 rings (SSSR count). The first kappa shape index (κ1) is 15.9. The molecule has 2 aromatic rings. The van der Waals surface area contributed by atoms with Crippen LogP contribution in [-0.2, 0) is 11.3 Å². The van der Waals surface area contributed by atoms with E-state index in [1.807, 2.05) is 6.20 Å². The zero-order valence-corrected chi connectivity index (χ0v) is 14.8. The number of rotatable bonds is 3. The molecule has 1 spiro atoms. The summed E-state index contributed by atoms with van der Waals surface area (Å²) >= 11 is 1.73. The molecule has 4 heterocycles. The smallest absolute Gasteiger partial charge is 0.147 e. The van der Waals surface area contributed by atoms with Crippen molar-refractivity contribution in [2.24, 2.45) is 0 Å². The lowest BCUT2D eigenvalue weighted by atomic mass is 9.90. The summed E-state index contributed by atoms with van der Waals surface area (Å²) < 4.78 is 6.28. The Morgan fingerprint density at radius 2 is 2.25 bits per heavy atom. The summed E-state index contributed by atoms with van der Waals surface area (Å²) in [5.41, 5.74) is 1.08. The minimum absolute atomic E-state index is 0.0981. The number of piperidine rings is 1. The Bertz CT molecular complexity index is 675. The van der Waals surface area contributed by atoms with Gasteiger partial charge in [0.2, 0.25) is 0 Å². The molecule has 0 aliphatic carbocycles. The van der Waals surface area contributed by atoms with E-state index in [9.17, 15) is 0 Å². The Morgan fingerprint density at radius 1 is 1.29 bits per heavy atom. The van der Waals surface area contributed by atoms with E-state index >= 15 is 0 Å². The Morgan fingerprint density at radius 3 is 3.04 bits per heavy atom. The van der Waals surface area contributed by atoms with Gasteiger partial charge < -0.3 is 9.64 Å². The molecule has 0 radical (unpaired) electrons. The van der Waals surface area contributed by atoms with Crippen LogP contribution in [0.2, 0.25) is 0 Å². The molecular weight excluding hydrogens is 322 g/mol. The SMILES string of the molecule is Cc1nc(CN2CCC[C@@]3(C2)CN(c2cnccn2)CCO3)cs1. The van der Waals surface area contributed by atoms with Crippen molar-refractivity contribution < 1.29 is 4.74 Å². The fourth-order valence-corrected chi connectivity index (χ4v) is 4.38. The van der Waals surface area contributed by atoms with Crippen LogP contribution in [-0.4, -0.2) is 58.2 Å². The first-order chi connectivity index (χ1) is 11.7. The molecule has 1 atom stereocenters. The number of nitrogens with zero attached hydrogens (tertiary/aromatic N) is 5. The summed E-state index contributed by atoms with van der Waals surface area (Å²) in [6, 6.07) is 0. The van der Waals surface area contributed by atoms with Gasteiger partial charge in [-0.05, 0) is 26.3 Å². The average molecular weight is 345 g/mol. The van der Waals surface area contributed by atoms with Gasteiger partial charge in [0.25, 0.3) is 0 Å². The van der Waals surface area contributed by atoms with Gasteiger partial charge in [0, 0.05) is 44.0 Å². The molecule has 6 nitrogen and oxygen atoms in total. The Labute approximate surface area is 146 Å². The third-order valence-electron chi connectivity index (χ3n) is 4.79. The van der Waals surface area contributed by atoms with Crippen LogP contribution in [0.5, 0.6) is 0 Å². The largest absolute Gasteiger partial charge is 0.370 e. The van der Waals surface area contributed by atoms with Crippen LogP contribution in [0.1, 0.15) is 23.5 Å². The Kier molecular flexibility index (Phi) is 4.47. The highest BCUT2D eigenvalue weighted by molar-refractivity contribution is 7.09. The molecule has 0 saturated carbocycles. The molecule has 2 saturated heterocycles. The highest BCUT2D eigenvalue weighted by Crippen LogP contribution is 2.31. The second-order valence-corrected chi connectivity index (χ2v) is 7.75. The third kappa shape index (κ3) is 3.43. The molecule has 2 aliphatic heterocycles. The number of aromatic nitrogens is 3. The molecular formula is C17H23N5OS. The number of ether oxygens (including phenoxy) is 1. The molecule has 24 heavy (non-hydrogen) atoms. The monoisotopic (exact) mass is 345 g/mol. The van der Waals surface area contributed by atoms with Gasteiger partial charge in [-0.15, -0.1) is 11.3 Å². The van der Waals surface area contributed by atoms with Gasteiger partial charge in [0.05, 0.1) is 29.1 Å². The first-order valence-corrected chi connectivity index (χ1v) is 9.39. The molecule has 128 valence electrons. The fraction of sp³-hybridized carbons (Fsp3) is 0.588. The molecule has 0 bridgehead atoms. The van der Waals surface area contributed by atoms with Crippen LogP contribution in [0.15, 0.2) is 24.0 Å². The first-order valence-electron chi connectivity index (χ1n) is 8.51. The van der Waals surface area contributed by atoms with Crippen molar-refractivity contribution in [3.8, 4) is 0 Å². The summed E-state index contributed by atoms with van der Waals surface area (Å²) in [6.07, 6.45) is 7.60. The maximum absolute atomic E-state index is 6.28. The van der Waals surface area contributed by atoms with E-state index in [1.54, 1.807) is 23.7 Å². The van der Waals surface area contributed by atoms with Gasteiger partial charge in [-0.2, -0.15) is 0 Å². The molecule has 7 heteroatoms. The zero-order chi connectivity index (χ0) is 16.4. The summed E-state index contributed by atoms with van der Waals surface area (Å²) in [4.78, 5) is 18.1. The van der Waals surface area contributed by atoms with Gasteiger partial charge in [0.1, 0.15) is 5.82 Å². The quantitative estimate of drug-likeness (QED) is 0.849. The van der Waals surface area contributed by atoms with Gasteiger partial charge in [-0.25, -0.2) is 9.97 Å². The molecule has 2 aliphatic rings. The molecule has 0 N–H and O–H groups in total. The normalized spacial score (nSPS) is 25.3. The molecule has 2 aromatic heterocycles. The second-order valence-electron chi connectivity index (χ2n) is 6.69. The molecule has 0 aromatic carbocycles. The van der Waals surface area contributed by atoms with Crippen molar-refractivity contribution >= 4 is 17.2 Å². The van der Waals surface area contributed by atoms with Crippen LogP contribution in [0.25, 0.3) is 0 Å². The van der Waals surface area contributed by atoms with E-state index in [1.165, 1.54) is 5.69 Å². The van der Waals surface area contributed by atoms with Gasteiger partial charge >= 0.3 is 0 Å². The zero-order valence-electron chi connectivity index (χ0n) is 14.0. The lowest BCUT2D eigenvalue weighted by Crippen LogP contribution is -2.59. The number of morpholine rings is 1. The van der Waals surface area contributed by atoms with E-state index in [0.29, 0.717) is 0 Å². The van der Waals surface area contributed by atoms with Crippen molar-refractivity contribution in [2.45, 2.75) is 31.9 Å². The van der Waals surface area contributed by atoms with E-state index in [2.05, 4.69) is 37.1 Å². The summed E-state index contributed by atoms with van der Waals surface area (Å²) in [5, 5.41) is 3.31. The van der Waals surface area contributed by atoms with Gasteiger partial charge in [0.15, 0.2) is 0 Å². The van der Waals surface area contributed by atoms with Crippen molar-refractivity contribution in [3.05, 3.63) is 34.7 Å². The Hall–Kier alpha value is -1.57. The van der Waals surface area contributed by atoms with Gasteiger partial charge in [-0.1, -0.05) is 0 Å². The van der Waals surface area contributed by atoms with E-state index in [0.717, 1.165) is 63.0 Å². The van der Waals surface area contributed by atoms with Crippen molar-refractivity contribution in [2.75, 3.05) is 37.7 Å². The van der Waals surface area contributed by atoms with Crippen LogP contribution in [0, 0.1) is 6.92 Å². The number of anilines is 1. The number of hydrogen-bond donors (Lipinski definition) is 0. The Balaban J connectivity index is 1.45. The van der Waals surface area contributed by atoms with Crippen molar-refractivity contribution in [1.29, 1.82) is 0 Å². The number of thiazole rings is 1. The highest BCUT2D eigenvalue weighted by Gasteiger charge is 2.41. The standard InChI is InChI=1S/C17H23N5OS/c1-14-20-15(11-24-14)10-21-6-2-3-17(12-21)13-22(7-8-23-17)16-9-18-4-5-19-16/h4-5,9,11H,2-3,6-8,10,12-13H2,1H3/t17-/m1/s1.